The predicted octanol–water partition coefficient (Wildman–Crippen LogP) is 3.41. The monoisotopic (exact) mass is 306 g/mol. The Labute approximate surface area is 126 Å². The van der Waals surface area contributed by atoms with Gasteiger partial charge in [-0.3, -0.25) is 4.79 Å². The van der Waals surface area contributed by atoms with E-state index in [1.807, 2.05) is 36.4 Å². The molecular formula is C15H12Cl2N2O. The lowest BCUT2D eigenvalue weighted by molar-refractivity contribution is -0.126. The summed E-state index contributed by atoms with van der Waals surface area (Å²) in [6, 6.07) is 13.8. The number of hydrogen-bond acceptors (Lipinski definition) is 2. The van der Waals surface area contributed by atoms with E-state index in [4.69, 9.17) is 28.9 Å². The average Bonchev–Trinajstić information content (AvgIpc) is 2.46. The van der Waals surface area contributed by atoms with Gasteiger partial charge in [0.2, 0.25) is 5.91 Å². The zero-order valence-corrected chi connectivity index (χ0v) is 12.0. The topological polar surface area (TPSA) is 46.3 Å². The Morgan fingerprint density at radius 1 is 1.05 bits per heavy atom. The number of carbonyl (C=O) groups excluding carboxylic acids is 1. The molecule has 1 aliphatic rings. The summed E-state index contributed by atoms with van der Waals surface area (Å²) in [4.78, 5) is 13.7. The van der Waals surface area contributed by atoms with Crippen molar-refractivity contribution in [3.05, 3.63) is 64.1 Å². The van der Waals surface area contributed by atoms with Gasteiger partial charge in [0.15, 0.2) is 0 Å². The minimum atomic E-state index is -0.575. The number of rotatable bonds is 2. The van der Waals surface area contributed by atoms with E-state index in [0.717, 1.165) is 11.3 Å². The molecule has 0 bridgehead atoms. The molecule has 0 radical (unpaired) electrons. The Balaban J connectivity index is 2.01. The van der Waals surface area contributed by atoms with E-state index in [1.165, 1.54) is 0 Å². The summed E-state index contributed by atoms with van der Waals surface area (Å²) in [6.45, 7) is 0. The molecule has 1 amide bonds. The van der Waals surface area contributed by atoms with Gasteiger partial charge in [0, 0.05) is 15.7 Å². The second-order valence-electron chi connectivity index (χ2n) is 4.68. The molecule has 3 nitrogen and oxygen atoms in total. The van der Waals surface area contributed by atoms with Gasteiger partial charge in [-0.1, -0.05) is 47.5 Å². The van der Waals surface area contributed by atoms with Crippen LogP contribution >= 0.6 is 23.2 Å². The fourth-order valence-electron chi connectivity index (χ4n) is 2.46. The summed E-state index contributed by atoms with van der Waals surface area (Å²) in [6.07, 6.45) is 0. The molecule has 3 rings (SSSR count). The molecule has 1 aliphatic heterocycles. The van der Waals surface area contributed by atoms with Crippen LogP contribution in [0.25, 0.3) is 0 Å². The lowest BCUT2D eigenvalue weighted by Crippen LogP contribution is -2.63. The second kappa shape index (κ2) is 5.09. The van der Waals surface area contributed by atoms with Crippen molar-refractivity contribution < 1.29 is 4.79 Å². The van der Waals surface area contributed by atoms with Crippen molar-refractivity contribution in [3.63, 3.8) is 0 Å². The van der Waals surface area contributed by atoms with Gasteiger partial charge in [0.25, 0.3) is 0 Å². The number of nitrogens with two attached hydrogens (primary N) is 1. The first-order valence-electron chi connectivity index (χ1n) is 6.18. The van der Waals surface area contributed by atoms with E-state index in [0.29, 0.717) is 10.0 Å². The number of carbonyl (C=O) groups is 1. The summed E-state index contributed by atoms with van der Waals surface area (Å²) >= 11 is 12.1. The van der Waals surface area contributed by atoms with Crippen LogP contribution in [0.5, 0.6) is 0 Å². The second-order valence-corrected chi connectivity index (χ2v) is 5.52. The molecule has 2 aromatic rings. The van der Waals surface area contributed by atoms with Crippen molar-refractivity contribution in [3.8, 4) is 0 Å². The van der Waals surface area contributed by atoms with Crippen LogP contribution in [0.3, 0.4) is 0 Å². The first-order valence-corrected chi connectivity index (χ1v) is 6.94. The number of benzene rings is 2. The lowest BCUT2D eigenvalue weighted by atomic mass is 9.88. The van der Waals surface area contributed by atoms with Crippen LogP contribution in [0.15, 0.2) is 48.5 Å². The fourth-order valence-corrected chi connectivity index (χ4v) is 2.98. The Kier molecular flexibility index (Phi) is 3.42. The van der Waals surface area contributed by atoms with E-state index in [1.54, 1.807) is 17.0 Å². The van der Waals surface area contributed by atoms with Gasteiger partial charge in [-0.25, -0.2) is 0 Å². The lowest BCUT2D eigenvalue weighted by Gasteiger charge is -2.45. The smallest absolute Gasteiger partial charge is 0.247 e. The maximum absolute atomic E-state index is 12.1. The number of para-hydroxylation sites is 1. The van der Waals surface area contributed by atoms with Crippen molar-refractivity contribution in [2.75, 3.05) is 4.90 Å². The van der Waals surface area contributed by atoms with Crippen molar-refractivity contribution in [1.82, 2.24) is 0 Å². The van der Waals surface area contributed by atoms with Gasteiger partial charge in [0.05, 0.1) is 6.04 Å². The Hall–Kier alpha value is -1.55. The van der Waals surface area contributed by atoms with E-state index < -0.39 is 6.04 Å². The third kappa shape index (κ3) is 2.08. The van der Waals surface area contributed by atoms with Crippen molar-refractivity contribution >= 4 is 34.8 Å². The van der Waals surface area contributed by atoms with Crippen LogP contribution < -0.4 is 10.6 Å². The maximum atomic E-state index is 12.1. The molecule has 0 aromatic heterocycles. The van der Waals surface area contributed by atoms with E-state index in [-0.39, 0.29) is 11.9 Å². The maximum Gasteiger partial charge on any atom is 0.247 e. The Morgan fingerprint density at radius 2 is 1.75 bits per heavy atom. The highest BCUT2D eigenvalue weighted by atomic mass is 35.5. The summed E-state index contributed by atoms with van der Waals surface area (Å²) < 4.78 is 0. The van der Waals surface area contributed by atoms with Crippen molar-refractivity contribution in [1.29, 1.82) is 0 Å². The highest BCUT2D eigenvalue weighted by molar-refractivity contribution is 6.35. The van der Waals surface area contributed by atoms with Gasteiger partial charge in [-0.15, -0.1) is 0 Å². The molecule has 5 heteroatoms. The molecule has 102 valence electrons. The van der Waals surface area contributed by atoms with E-state index in [2.05, 4.69) is 0 Å². The van der Waals surface area contributed by atoms with Gasteiger partial charge in [0.1, 0.15) is 6.04 Å². The number of anilines is 1. The normalized spacial score (nSPS) is 21.8. The molecule has 1 fully saturated rings. The molecule has 0 saturated carbocycles. The average molecular weight is 307 g/mol. The predicted molar refractivity (Wildman–Crippen MR) is 81.1 cm³/mol. The fraction of sp³-hybridized carbons (Fsp3) is 0.133. The minimum Gasteiger partial charge on any atom is -0.318 e. The first kappa shape index (κ1) is 13.4. The molecule has 0 aliphatic carbocycles. The van der Waals surface area contributed by atoms with Crippen LogP contribution in [-0.4, -0.2) is 11.9 Å². The first-order chi connectivity index (χ1) is 9.59. The molecule has 2 atom stereocenters. The van der Waals surface area contributed by atoms with Crippen LogP contribution in [-0.2, 0) is 4.79 Å². The van der Waals surface area contributed by atoms with Crippen molar-refractivity contribution in [2.45, 2.75) is 12.1 Å². The van der Waals surface area contributed by atoms with Crippen LogP contribution in [0, 0.1) is 0 Å². The third-order valence-electron chi connectivity index (χ3n) is 3.46. The van der Waals surface area contributed by atoms with Gasteiger partial charge in [-0.05, 0) is 29.8 Å². The number of hydrogen-bond donors (Lipinski definition) is 1. The zero-order valence-electron chi connectivity index (χ0n) is 10.5. The third-order valence-corrected chi connectivity index (χ3v) is 4.02. The van der Waals surface area contributed by atoms with Crippen LogP contribution in [0.4, 0.5) is 5.69 Å². The Morgan fingerprint density at radius 3 is 2.40 bits per heavy atom. The molecular weight excluding hydrogens is 295 g/mol. The molecule has 1 heterocycles. The highest BCUT2D eigenvalue weighted by Crippen LogP contribution is 2.41. The molecule has 0 unspecified atom stereocenters. The van der Waals surface area contributed by atoms with Gasteiger partial charge < -0.3 is 10.6 Å². The quantitative estimate of drug-likeness (QED) is 0.864. The van der Waals surface area contributed by atoms with Gasteiger partial charge in [-0.2, -0.15) is 0 Å². The minimum absolute atomic E-state index is 0.104. The standard InChI is InChI=1S/C15H12Cl2N2O/c16-9-6-7-11(12(17)8-9)14-13(18)15(20)19(14)10-4-2-1-3-5-10/h1-8,13-14H,18H2/t13-,14+/m1/s1. The molecule has 2 N–H and O–H groups in total. The SMILES string of the molecule is N[C@H]1C(=O)N(c2ccccc2)[C@H]1c1ccc(Cl)cc1Cl. The number of β-lactam (4-membered cyclic amide) rings is 1. The molecule has 20 heavy (non-hydrogen) atoms. The van der Waals surface area contributed by atoms with Crippen LogP contribution in [0.1, 0.15) is 11.6 Å². The van der Waals surface area contributed by atoms with Crippen molar-refractivity contribution in [2.24, 2.45) is 5.73 Å². The largest absolute Gasteiger partial charge is 0.318 e. The summed E-state index contributed by atoms with van der Waals surface area (Å²) in [7, 11) is 0. The summed E-state index contributed by atoms with van der Waals surface area (Å²) in [5, 5.41) is 1.08. The zero-order chi connectivity index (χ0) is 14.3. The summed E-state index contributed by atoms with van der Waals surface area (Å²) in [5.74, 6) is -0.104. The number of nitrogens with zero attached hydrogens (tertiary/aromatic N) is 1. The van der Waals surface area contributed by atoms with E-state index in [9.17, 15) is 4.79 Å². The Bertz CT molecular complexity index is 660. The number of halogens is 2. The number of amides is 1. The summed E-state index contributed by atoms with van der Waals surface area (Å²) in [5.41, 5.74) is 7.58. The highest BCUT2D eigenvalue weighted by Gasteiger charge is 2.47. The van der Waals surface area contributed by atoms with Crippen LogP contribution in [0.2, 0.25) is 10.0 Å². The molecule has 1 saturated heterocycles. The molecule has 0 spiro atoms. The molecule has 2 aromatic carbocycles. The van der Waals surface area contributed by atoms with E-state index >= 15 is 0 Å². The van der Waals surface area contributed by atoms with Gasteiger partial charge >= 0.3 is 0 Å².